The highest BCUT2D eigenvalue weighted by molar-refractivity contribution is 5.52. The highest BCUT2D eigenvalue weighted by atomic mass is 16.5. The molecule has 1 heteroatoms. The van der Waals surface area contributed by atoms with Crippen molar-refractivity contribution >= 4 is 6.08 Å². The average molecular weight is 236 g/mol. The Morgan fingerprint density at radius 2 is 1.56 bits per heavy atom. The first kappa shape index (κ1) is 12.2. The van der Waals surface area contributed by atoms with Gasteiger partial charge in [-0.3, -0.25) is 0 Å². The standard InChI is InChI=1S/C17H16O/c1-2-9-17(14-15-10-5-3-6-11-15)18-16-12-7-4-8-13-16/h2-8,10-14H,1,9H2. The molecule has 0 unspecified atom stereocenters. The Bertz CT molecular complexity index is 512. The molecule has 0 saturated carbocycles. The van der Waals surface area contributed by atoms with Gasteiger partial charge in [0, 0.05) is 6.42 Å². The van der Waals surface area contributed by atoms with Crippen molar-refractivity contribution in [2.24, 2.45) is 0 Å². The van der Waals surface area contributed by atoms with Gasteiger partial charge in [0.1, 0.15) is 11.5 Å². The molecule has 0 amide bonds. The maximum Gasteiger partial charge on any atom is 0.126 e. The number of hydrogen-bond donors (Lipinski definition) is 0. The molecule has 2 aromatic rings. The van der Waals surface area contributed by atoms with E-state index in [4.69, 9.17) is 4.74 Å². The van der Waals surface area contributed by atoms with Crippen molar-refractivity contribution in [3.63, 3.8) is 0 Å². The summed E-state index contributed by atoms with van der Waals surface area (Å²) in [5.74, 6) is 1.74. The normalized spacial score (nSPS) is 11.0. The molecule has 0 spiro atoms. The summed E-state index contributed by atoms with van der Waals surface area (Å²) in [5, 5.41) is 0. The number of allylic oxidation sites excluding steroid dienone is 1. The van der Waals surface area contributed by atoms with Crippen LogP contribution in [0, 0.1) is 0 Å². The molecule has 2 rings (SSSR count). The van der Waals surface area contributed by atoms with E-state index in [1.54, 1.807) is 0 Å². The quantitative estimate of drug-likeness (QED) is 0.541. The highest BCUT2D eigenvalue weighted by Crippen LogP contribution is 2.17. The summed E-state index contributed by atoms with van der Waals surface area (Å²) in [5.41, 5.74) is 1.13. The lowest BCUT2D eigenvalue weighted by molar-refractivity contribution is 0.421. The molecule has 0 radical (unpaired) electrons. The molecule has 2 aromatic carbocycles. The number of benzene rings is 2. The van der Waals surface area contributed by atoms with Crippen molar-refractivity contribution in [2.45, 2.75) is 6.42 Å². The summed E-state index contributed by atoms with van der Waals surface area (Å²) < 4.78 is 5.85. The molecule has 0 N–H and O–H groups in total. The predicted molar refractivity (Wildman–Crippen MR) is 76.3 cm³/mol. The summed E-state index contributed by atoms with van der Waals surface area (Å²) >= 11 is 0. The Kier molecular flexibility index (Phi) is 4.37. The third-order valence-corrected chi connectivity index (χ3v) is 2.46. The van der Waals surface area contributed by atoms with E-state index >= 15 is 0 Å². The fourth-order valence-electron chi connectivity index (χ4n) is 1.65. The van der Waals surface area contributed by atoms with Crippen molar-refractivity contribution in [3.8, 4) is 5.75 Å². The number of ether oxygens (including phenoxy) is 1. The van der Waals surface area contributed by atoms with Crippen LogP contribution in [0.5, 0.6) is 5.75 Å². The largest absolute Gasteiger partial charge is 0.461 e. The van der Waals surface area contributed by atoms with Crippen molar-refractivity contribution < 1.29 is 4.74 Å². The Morgan fingerprint density at radius 3 is 2.17 bits per heavy atom. The Morgan fingerprint density at radius 1 is 0.944 bits per heavy atom. The average Bonchev–Trinajstić information content (AvgIpc) is 2.41. The van der Waals surface area contributed by atoms with Crippen LogP contribution in [0.3, 0.4) is 0 Å². The second-order valence-electron chi connectivity index (χ2n) is 3.93. The molecule has 0 aliphatic carbocycles. The number of para-hydroxylation sites is 1. The summed E-state index contributed by atoms with van der Waals surface area (Å²) in [6.07, 6.45) is 4.59. The first-order chi connectivity index (χ1) is 8.88. The summed E-state index contributed by atoms with van der Waals surface area (Å²) in [6.45, 7) is 3.76. The predicted octanol–water partition coefficient (Wildman–Crippen LogP) is 4.68. The molecule has 0 aliphatic heterocycles. The lowest BCUT2D eigenvalue weighted by atomic mass is 10.2. The lowest BCUT2D eigenvalue weighted by Gasteiger charge is -2.08. The van der Waals surface area contributed by atoms with Gasteiger partial charge in [0.25, 0.3) is 0 Å². The molecule has 0 aliphatic rings. The van der Waals surface area contributed by atoms with E-state index in [1.807, 2.05) is 60.7 Å². The van der Waals surface area contributed by atoms with E-state index in [-0.39, 0.29) is 0 Å². The molecule has 0 saturated heterocycles. The van der Waals surface area contributed by atoms with Crippen molar-refractivity contribution in [1.29, 1.82) is 0 Å². The lowest BCUT2D eigenvalue weighted by Crippen LogP contribution is -1.94. The minimum atomic E-state index is 0.712. The Hall–Kier alpha value is -2.28. The van der Waals surface area contributed by atoms with Gasteiger partial charge < -0.3 is 4.74 Å². The van der Waals surface area contributed by atoms with Gasteiger partial charge >= 0.3 is 0 Å². The van der Waals surface area contributed by atoms with Crippen LogP contribution in [-0.2, 0) is 0 Å². The molecule has 0 aromatic heterocycles. The van der Waals surface area contributed by atoms with Gasteiger partial charge in [-0.1, -0.05) is 54.6 Å². The molecule has 18 heavy (non-hydrogen) atoms. The molecular formula is C17H16O. The van der Waals surface area contributed by atoms with Gasteiger partial charge in [-0.15, -0.1) is 6.58 Å². The minimum absolute atomic E-state index is 0.712. The number of rotatable bonds is 5. The zero-order chi connectivity index (χ0) is 12.6. The van der Waals surface area contributed by atoms with Crippen molar-refractivity contribution in [3.05, 3.63) is 84.6 Å². The van der Waals surface area contributed by atoms with E-state index in [0.29, 0.717) is 6.42 Å². The van der Waals surface area contributed by atoms with E-state index in [9.17, 15) is 0 Å². The maximum absolute atomic E-state index is 5.85. The van der Waals surface area contributed by atoms with Gasteiger partial charge in [-0.05, 0) is 23.8 Å². The van der Waals surface area contributed by atoms with Gasteiger partial charge in [0.2, 0.25) is 0 Å². The zero-order valence-corrected chi connectivity index (χ0v) is 10.3. The van der Waals surface area contributed by atoms with Gasteiger partial charge in [0.05, 0.1) is 0 Å². The van der Waals surface area contributed by atoms with E-state index in [0.717, 1.165) is 17.1 Å². The van der Waals surface area contributed by atoms with Crippen LogP contribution in [0.25, 0.3) is 6.08 Å². The monoisotopic (exact) mass is 236 g/mol. The van der Waals surface area contributed by atoms with Crippen molar-refractivity contribution in [1.82, 2.24) is 0 Å². The van der Waals surface area contributed by atoms with Crippen molar-refractivity contribution in [2.75, 3.05) is 0 Å². The van der Waals surface area contributed by atoms with Crippen LogP contribution >= 0.6 is 0 Å². The molecular weight excluding hydrogens is 220 g/mol. The third-order valence-electron chi connectivity index (χ3n) is 2.46. The second kappa shape index (κ2) is 6.45. The fraction of sp³-hybridized carbons (Fsp3) is 0.0588. The number of hydrogen-bond acceptors (Lipinski definition) is 1. The molecule has 0 heterocycles. The minimum Gasteiger partial charge on any atom is -0.461 e. The molecule has 0 bridgehead atoms. The topological polar surface area (TPSA) is 9.23 Å². The van der Waals surface area contributed by atoms with Gasteiger partial charge in [0.15, 0.2) is 0 Å². The molecule has 1 nitrogen and oxygen atoms in total. The van der Waals surface area contributed by atoms with E-state index < -0.39 is 0 Å². The molecule has 90 valence electrons. The first-order valence-corrected chi connectivity index (χ1v) is 5.98. The fourth-order valence-corrected chi connectivity index (χ4v) is 1.65. The summed E-state index contributed by atoms with van der Waals surface area (Å²) in [7, 11) is 0. The Balaban J connectivity index is 2.18. The first-order valence-electron chi connectivity index (χ1n) is 5.98. The van der Waals surface area contributed by atoms with E-state index in [2.05, 4.69) is 18.7 Å². The van der Waals surface area contributed by atoms with Crippen LogP contribution in [-0.4, -0.2) is 0 Å². The van der Waals surface area contributed by atoms with Crippen LogP contribution < -0.4 is 4.74 Å². The molecule has 0 atom stereocenters. The smallest absolute Gasteiger partial charge is 0.126 e. The Labute approximate surface area is 108 Å². The highest BCUT2D eigenvalue weighted by Gasteiger charge is 1.99. The summed E-state index contributed by atoms with van der Waals surface area (Å²) in [4.78, 5) is 0. The third kappa shape index (κ3) is 3.63. The molecule has 0 fully saturated rings. The second-order valence-corrected chi connectivity index (χ2v) is 3.93. The van der Waals surface area contributed by atoms with Gasteiger partial charge in [-0.25, -0.2) is 0 Å². The van der Waals surface area contributed by atoms with Gasteiger partial charge in [-0.2, -0.15) is 0 Å². The zero-order valence-electron chi connectivity index (χ0n) is 10.3. The SMILES string of the molecule is C=CCC(=Cc1ccccc1)Oc1ccccc1. The van der Waals surface area contributed by atoms with Crippen LogP contribution in [0.1, 0.15) is 12.0 Å². The summed E-state index contributed by atoms with van der Waals surface area (Å²) in [6, 6.07) is 19.9. The maximum atomic E-state index is 5.85. The van der Waals surface area contributed by atoms with E-state index in [1.165, 1.54) is 0 Å². The van der Waals surface area contributed by atoms with Crippen LogP contribution in [0.4, 0.5) is 0 Å². The van der Waals surface area contributed by atoms with Crippen LogP contribution in [0.2, 0.25) is 0 Å². The van der Waals surface area contributed by atoms with Crippen LogP contribution in [0.15, 0.2) is 79.1 Å².